The van der Waals surface area contributed by atoms with Gasteiger partial charge >= 0.3 is 15.8 Å². The standard InChI is InChI=1S/C19H17ClN2O5S/c1-21-12-17(18(23)22(2)19(21)24)28(25,26)27-16-9-8-15(20)11-14(16)10-13-6-4-3-5-7-13/h3-9,11-12H,10H2,1-2H3. The van der Waals surface area contributed by atoms with E-state index in [4.69, 9.17) is 15.8 Å². The van der Waals surface area contributed by atoms with Gasteiger partial charge in [-0.2, -0.15) is 8.42 Å². The Morgan fingerprint density at radius 3 is 2.39 bits per heavy atom. The van der Waals surface area contributed by atoms with Gasteiger partial charge in [-0.25, -0.2) is 4.79 Å². The van der Waals surface area contributed by atoms with Gasteiger partial charge in [-0.3, -0.25) is 9.36 Å². The fourth-order valence-electron chi connectivity index (χ4n) is 2.69. The highest BCUT2D eigenvalue weighted by atomic mass is 35.5. The SMILES string of the molecule is Cn1cc(S(=O)(=O)Oc2ccc(Cl)cc2Cc2ccccc2)c(=O)n(C)c1=O. The van der Waals surface area contributed by atoms with Crippen molar-refractivity contribution in [2.24, 2.45) is 14.1 Å². The Morgan fingerprint density at radius 2 is 1.71 bits per heavy atom. The molecule has 9 heteroatoms. The zero-order chi connectivity index (χ0) is 20.5. The summed E-state index contributed by atoms with van der Waals surface area (Å²) in [7, 11) is -1.92. The van der Waals surface area contributed by atoms with Crippen molar-refractivity contribution < 1.29 is 12.6 Å². The van der Waals surface area contributed by atoms with Crippen LogP contribution in [0.5, 0.6) is 5.75 Å². The minimum absolute atomic E-state index is 0.0594. The number of hydrogen-bond acceptors (Lipinski definition) is 5. The molecule has 3 aromatic rings. The van der Waals surface area contributed by atoms with Gasteiger partial charge in [0.15, 0.2) is 4.90 Å². The van der Waals surface area contributed by atoms with Crippen LogP contribution in [0.2, 0.25) is 5.02 Å². The Bertz CT molecular complexity index is 1250. The minimum Gasteiger partial charge on any atom is -0.378 e. The van der Waals surface area contributed by atoms with Gasteiger partial charge in [-0.05, 0) is 23.8 Å². The lowest BCUT2D eigenvalue weighted by molar-refractivity contribution is 0.478. The van der Waals surface area contributed by atoms with E-state index in [9.17, 15) is 18.0 Å². The molecule has 3 rings (SSSR count). The molecule has 146 valence electrons. The summed E-state index contributed by atoms with van der Waals surface area (Å²) in [6, 6.07) is 13.9. The molecule has 0 aliphatic rings. The molecular formula is C19H17ClN2O5S. The summed E-state index contributed by atoms with van der Waals surface area (Å²) in [6.45, 7) is 0. The zero-order valence-electron chi connectivity index (χ0n) is 15.1. The van der Waals surface area contributed by atoms with E-state index in [-0.39, 0.29) is 5.75 Å². The van der Waals surface area contributed by atoms with E-state index < -0.39 is 26.3 Å². The summed E-state index contributed by atoms with van der Waals surface area (Å²) in [5.74, 6) is 0.0594. The Kier molecular flexibility index (Phi) is 5.44. The first kappa shape index (κ1) is 19.9. The quantitative estimate of drug-likeness (QED) is 0.590. The minimum atomic E-state index is -4.47. The largest absolute Gasteiger partial charge is 0.378 e. The normalized spacial score (nSPS) is 11.4. The first-order chi connectivity index (χ1) is 13.2. The highest BCUT2D eigenvalue weighted by Crippen LogP contribution is 2.27. The van der Waals surface area contributed by atoms with Crippen molar-refractivity contribution in [2.45, 2.75) is 11.3 Å². The molecule has 0 saturated carbocycles. The number of benzene rings is 2. The third kappa shape index (κ3) is 4.02. The number of nitrogens with zero attached hydrogens (tertiary/aromatic N) is 2. The number of halogens is 1. The lowest BCUT2D eigenvalue weighted by Gasteiger charge is -2.13. The van der Waals surface area contributed by atoms with E-state index in [0.717, 1.165) is 16.3 Å². The highest BCUT2D eigenvalue weighted by molar-refractivity contribution is 7.87. The maximum Gasteiger partial charge on any atom is 0.346 e. The van der Waals surface area contributed by atoms with E-state index in [1.54, 1.807) is 6.07 Å². The molecule has 0 bridgehead atoms. The fraction of sp³-hybridized carbons (Fsp3) is 0.158. The second kappa shape index (κ2) is 7.65. The molecule has 0 spiro atoms. The molecule has 0 radical (unpaired) electrons. The number of hydrogen-bond donors (Lipinski definition) is 0. The van der Waals surface area contributed by atoms with Crippen LogP contribution >= 0.6 is 11.6 Å². The van der Waals surface area contributed by atoms with E-state index >= 15 is 0 Å². The topological polar surface area (TPSA) is 87.4 Å². The summed E-state index contributed by atoms with van der Waals surface area (Å²) in [5, 5.41) is 0.425. The van der Waals surface area contributed by atoms with Crippen LogP contribution in [-0.4, -0.2) is 17.6 Å². The van der Waals surface area contributed by atoms with E-state index in [1.807, 2.05) is 30.3 Å². The van der Waals surface area contributed by atoms with Crippen LogP contribution in [0, 0.1) is 0 Å². The van der Waals surface area contributed by atoms with Gasteiger partial charge in [0, 0.05) is 37.3 Å². The third-order valence-corrected chi connectivity index (χ3v) is 5.60. The molecular weight excluding hydrogens is 404 g/mol. The van der Waals surface area contributed by atoms with Crippen molar-refractivity contribution in [1.29, 1.82) is 0 Å². The molecule has 0 aliphatic heterocycles. The molecule has 0 N–H and O–H groups in total. The molecule has 0 saturated heterocycles. The predicted octanol–water partition coefficient (Wildman–Crippen LogP) is 2.10. The Morgan fingerprint density at radius 1 is 1.04 bits per heavy atom. The molecule has 1 heterocycles. The second-order valence-corrected chi connectivity index (χ2v) is 8.15. The molecule has 0 atom stereocenters. The summed E-state index contributed by atoms with van der Waals surface area (Å²) >= 11 is 6.06. The summed E-state index contributed by atoms with van der Waals surface area (Å²) in [5.41, 5.74) is -0.115. The predicted molar refractivity (Wildman–Crippen MR) is 105 cm³/mol. The van der Waals surface area contributed by atoms with Gasteiger partial charge in [0.2, 0.25) is 0 Å². The average molecular weight is 421 g/mol. The number of aryl methyl sites for hydroxylation is 1. The van der Waals surface area contributed by atoms with Crippen LogP contribution < -0.4 is 15.4 Å². The molecule has 0 unspecified atom stereocenters. The lowest BCUT2D eigenvalue weighted by atomic mass is 10.0. The van der Waals surface area contributed by atoms with Crippen LogP contribution in [0.25, 0.3) is 0 Å². The van der Waals surface area contributed by atoms with Gasteiger partial charge in [0.05, 0.1) is 0 Å². The van der Waals surface area contributed by atoms with E-state index in [2.05, 4.69) is 0 Å². The van der Waals surface area contributed by atoms with E-state index in [1.165, 1.54) is 26.2 Å². The van der Waals surface area contributed by atoms with Gasteiger partial charge in [0.25, 0.3) is 5.56 Å². The summed E-state index contributed by atoms with van der Waals surface area (Å²) < 4.78 is 32.5. The van der Waals surface area contributed by atoms with Crippen molar-refractivity contribution in [3.63, 3.8) is 0 Å². The van der Waals surface area contributed by atoms with Crippen LogP contribution in [-0.2, 0) is 30.6 Å². The van der Waals surface area contributed by atoms with E-state index in [0.29, 0.717) is 21.6 Å². The highest BCUT2D eigenvalue weighted by Gasteiger charge is 2.25. The molecule has 0 fully saturated rings. The van der Waals surface area contributed by atoms with Gasteiger partial charge < -0.3 is 8.75 Å². The van der Waals surface area contributed by atoms with Crippen LogP contribution in [0.3, 0.4) is 0 Å². The van der Waals surface area contributed by atoms with Crippen molar-refractivity contribution in [3.8, 4) is 5.75 Å². The molecule has 1 aromatic heterocycles. The maximum atomic E-state index is 12.7. The van der Waals surface area contributed by atoms with Crippen molar-refractivity contribution in [3.05, 3.63) is 91.7 Å². The maximum absolute atomic E-state index is 12.7. The van der Waals surface area contributed by atoms with Gasteiger partial charge in [0.1, 0.15) is 5.75 Å². The van der Waals surface area contributed by atoms with Crippen LogP contribution in [0.4, 0.5) is 0 Å². The third-order valence-electron chi connectivity index (χ3n) is 4.14. The van der Waals surface area contributed by atoms with Crippen molar-refractivity contribution in [2.75, 3.05) is 0 Å². The van der Waals surface area contributed by atoms with Crippen LogP contribution in [0.1, 0.15) is 11.1 Å². The average Bonchev–Trinajstić information content (AvgIpc) is 2.66. The van der Waals surface area contributed by atoms with Crippen molar-refractivity contribution in [1.82, 2.24) is 9.13 Å². The number of aromatic nitrogens is 2. The fourth-order valence-corrected chi connectivity index (χ4v) is 4.01. The molecule has 7 nitrogen and oxygen atoms in total. The second-order valence-electron chi connectivity index (χ2n) is 6.20. The number of rotatable bonds is 5. The molecule has 0 aliphatic carbocycles. The molecule has 28 heavy (non-hydrogen) atoms. The Balaban J connectivity index is 2.04. The lowest BCUT2D eigenvalue weighted by Crippen LogP contribution is -2.39. The zero-order valence-corrected chi connectivity index (χ0v) is 16.7. The van der Waals surface area contributed by atoms with Crippen molar-refractivity contribution >= 4 is 21.7 Å². The van der Waals surface area contributed by atoms with Crippen LogP contribution in [0.15, 0.2) is 69.2 Å². The Labute approximate surface area is 166 Å². The van der Waals surface area contributed by atoms with Gasteiger partial charge in [-0.1, -0.05) is 41.9 Å². The smallest absolute Gasteiger partial charge is 0.346 e. The van der Waals surface area contributed by atoms with Gasteiger partial charge in [-0.15, -0.1) is 0 Å². The first-order valence-corrected chi connectivity index (χ1v) is 10.0. The first-order valence-electron chi connectivity index (χ1n) is 8.22. The summed E-state index contributed by atoms with van der Waals surface area (Å²) in [4.78, 5) is 23.4. The Hall–Kier alpha value is -2.84. The summed E-state index contributed by atoms with van der Waals surface area (Å²) in [6.07, 6.45) is 1.34. The molecule has 0 amide bonds. The molecule has 2 aromatic carbocycles. The monoisotopic (exact) mass is 420 g/mol.